The molecule has 0 aliphatic carbocycles. The van der Waals surface area contributed by atoms with Gasteiger partial charge in [0.15, 0.2) is 5.96 Å². The maximum Gasteiger partial charge on any atom is 0.194 e. The molecule has 0 bridgehead atoms. The Hall–Kier alpha value is -2.21. The minimum absolute atomic E-state index is 0.609. The average Bonchev–Trinajstić information content (AvgIpc) is 3.09. The molecular weight excluding hydrogens is 314 g/mol. The van der Waals surface area contributed by atoms with Crippen LogP contribution in [0.3, 0.4) is 0 Å². The fraction of sp³-hybridized carbons (Fsp3) is 0.375. The second kappa shape index (κ2) is 7.37. The molecule has 3 rings (SSSR count). The highest BCUT2D eigenvalue weighted by atomic mass is 35.5. The standard InChI is InChI=1S/C16H20ClN5O/c1-18-16(19-12-14-5-10-23-20-14)22-8-6-21(7-9-22)15-4-2-3-13(17)11-15/h2-5,10-11H,6-9,12H2,1H3,(H,18,19). The molecule has 0 atom stereocenters. The molecule has 1 aromatic carbocycles. The molecule has 1 aliphatic heterocycles. The van der Waals surface area contributed by atoms with Gasteiger partial charge in [-0.15, -0.1) is 0 Å². The van der Waals surface area contributed by atoms with E-state index in [1.165, 1.54) is 5.69 Å². The van der Waals surface area contributed by atoms with Crippen molar-refractivity contribution in [3.63, 3.8) is 0 Å². The highest BCUT2D eigenvalue weighted by molar-refractivity contribution is 6.30. The monoisotopic (exact) mass is 333 g/mol. The van der Waals surface area contributed by atoms with Gasteiger partial charge in [0, 0.05) is 50.0 Å². The van der Waals surface area contributed by atoms with Gasteiger partial charge < -0.3 is 19.6 Å². The van der Waals surface area contributed by atoms with Gasteiger partial charge in [0.05, 0.1) is 6.54 Å². The molecule has 1 fully saturated rings. The predicted octanol–water partition coefficient (Wildman–Crippen LogP) is 2.23. The Labute approximate surface area is 140 Å². The summed E-state index contributed by atoms with van der Waals surface area (Å²) in [7, 11) is 1.80. The minimum Gasteiger partial charge on any atom is -0.368 e. The first-order valence-corrected chi connectivity index (χ1v) is 7.99. The molecular formula is C16H20ClN5O. The number of benzene rings is 1. The van der Waals surface area contributed by atoms with Gasteiger partial charge >= 0.3 is 0 Å². The van der Waals surface area contributed by atoms with Crippen LogP contribution >= 0.6 is 11.6 Å². The Morgan fingerprint density at radius 1 is 1.30 bits per heavy atom. The van der Waals surface area contributed by atoms with Crippen molar-refractivity contribution in [2.75, 3.05) is 38.1 Å². The zero-order chi connectivity index (χ0) is 16.1. The largest absolute Gasteiger partial charge is 0.368 e. The number of rotatable bonds is 3. The molecule has 2 heterocycles. The molecule has 6 nitrogen and oxygen atoms in total. The molecule has 1 aromatic heterocycles. The summed E-state index contributed by atoms with van der Waals surface area (Å²) in [6.07, 6.45) is 1.57. The van der Waals surface area contributed by atoms with E-state index in [0.29, 0.717) is 6.54 Å². The van der Waals surface area contributed by atoms with Crippen molar-refractivity contribution in [1.29, 1.82) is 0 Å². The fourth-order valence-corrected chi connectivity index (χ4v) is 2.86. The van der Waals surface area contributed by atoms with E-state index in [1.54, 1.807) is 13.3 Å². The minimum atomic E-state index is 0.609. The quantitative estimate of drug-likeness (QED) is 0.689. The average molecular weight is 334 g/mol. The summed E-state index contributed by atoms with van der Waals surface area (Å²) >= 11 is 6.08. The van der Waals surface area contributed by atoms with Gasteiger partial charge in [-0.1, -0.05) is 22.8 Å². The van der Waals surface area contributed by atoms with Crippen LogP contribution in [0.15, 0.2) is 46.1 Å². The number of nitrogens with one attached hydrogen (secondary N) is 1. The Kier molecular flexibility index (Phi) is 5.02. The highest BCUT2D eigenvalue weighted by Gasteiger charge is 2.20. The molecule has 2 aromatic rings. The van der Waals surface area contributed by atoms with E-state index < -0.39 is 0 Å². The molecule has 23 heavy (non-hydrogen) atoms. The highest BCUT2D eigenvalue weighted by Crippen LogP contribution is 2.20. The number of hydrogen-bond donors (Lipinski definition) is 1. The van der Waals surface area contributed by atoms with Crippen LogP contribution in [0.4, 0.5) is 5.69 Å². The topological polar surface area (TPSA) is 56.9 Å². The molecule has 122 valence electrons. The van der Waals surface area contributed by atoms with Crippen LogP contribution < -0.4 is 10.2 Å². The number of nitrogens with zero attached hydrogens (tertiary/aromatic N) is 4. The van der Waals surface area contributed by atoms with Gasteiger partial charge in [0.1, 0.15) is 12.0 Å². The lowest BCUT2D eigenvalue weighted by Crippen LogP contribution is -2.52. The number of guanidine groups is 1. The molecule has 0 unspecified atom stereocenters. The number of hydrogen-bond acceptors (Lipinski definition) is 4. The van der Waals surface area contributed by atoms with Crippen LogP contribution in [0.25, 0.3) is 0 Å². The van der Waals surface area contributed by atoms with Gasteiger partial charge in [-0.3, -0.25) is 4.99 Å². The molecule has 0 saturated carbocycles. The third kappa shape index (κ3) is 3.96. The summed E-state index contributed by atoms with van der Waals surface area (Å²) in [5, 5.41) is 7.99. The summed E-state index contributed by atoms with van der Waals surface area (Å²) in [6.45, 7) is 4.30. The van der Waals surface area contributed by atoms with Crippen LogP contribution in [0.1, 0.15) is 5.69 Å². The van der Waals surface area contributed by atoms with E-state index in [0.717, 1.165) is 42.9 Å². The van der Waals surface area contributed by atoms with Crippen molar-refractivity contribution >= 4 is 23.2 Å². The first-order chi connectivity index (χ1) is 11.3. The maximum atomic E-state index is 6.08. The van der Waals surface area contributed by atoms with Crippen LogP contribution in [0.5, 0.6) is 0 Å². The van der Waals surface area contributed by atoms with Crippen molar-refractivity contribution in [2.45, 2.75) is 6.54 Å². The number of aromatic nitrogens is 1. The molecule has 1 aliphatic rings. The van der Waals surface area contributed by atoms with E-state index in [2.05, 4.69) is 31.3 Å². The zero-order valence-corrected chi connectivity index (χ0v) is 13.8. The Morgan fingerprint density at radius 2 is 2.13 bits per heavy atom. The maximum absolute atomic E-state index is 6.08. The summed E-state index contributed by atoms with van der Waals surface area (Å²) in [6, 6.07) is 9.84. The van der Waals surface area contributed by atoms with Crippen LogP contribution in [-0.2, 0) is 6.54 Å². The van der Waals surface area contributed by atoms with Gasteiger partial charge in [0.2, 0.25) is 0 Å². The van der Waals surface area contributed by atoms with Crippen LogP contribution in [0.2, 0.25) is 5.02 Å². The third-order valence-corrected chi connectivity index (χ3v) is 4.12. The normalized spacial score (nSPS) is 15.8. The fourth-order valence-electron chi connectivity index (χ4n) is 2.68. The second-order valence-electron chi connectivity index (χ2n) is 5.35. The molecule has 1 saturated heterocycles. The van der Waals surface area contributed by atoms with E-state index in [-0.39, 0.29) is 0 Å². The molecule has 1 N–H and O–H groups in total. The summed E-state index contributed by atoms with van der Waals surface area (Å²) < 4.78 is 4.84. The van der Waals surface area contributed by atoms with Gasteiger partial charge in [-0.25, -0.2) is 0 Å². The van der Waals surface area contributed by atoms with Crippen LogP contribution in [0, 0.1) is 0 Å². The predicted molar refractivity (Wildman–Crippen MR) is 91.9 cm³/mol. The van der Waals surface area contributed by atoms with E-state index in [1.807, 2.05) is 24.3 Å². The van der Waals surface area contributed by atoms with E-state index in [9.17, 15) is 0 Å². The summed E-state index contributed by atoms with van der Waals surface area (Å²) in [4.78, 5) is 8.95. The van der Waals surface area contributed by atoms with Crippen molar-refractivity contribution in [2.24, 2.45) is 4.99 Å². The lowest BCUT2D eigenvalue weighted by molar-refractivity contribution is 0.370. The number of aliphatic imine (C=N–C) groups is 1. The lowest BCUT2D eigenvalue weighted by atomic mass is 10.2. The van der Waals surface area contributed by atoms with E-state index in [4.69, 9.17) is 16.1 Å². The number of anilines is 1. The number of piperazine rings is 1. The smallest absolute Gasteiger partial charge is 0.194 e. The molecule has 0 amide bonds. The second-order valence-corrected chi connectivity index (χ2v) is 5.78. The Balaban J connectivity index is 1.55. The molecule has 7 heteroatoms. The molecule has 0 spiro atoms. The SMILES string of the molecule is CN=C(NCc1ccon1)N1CCN(c2cccc(Cl)c2)CC1. The van der Waals surface area contributed by atoms with E-state index >= 15 is 0 Å². The lowest BCUT2D eigenvalue weighted by Gasteiger charge is -2.37. The third-order valence-electron chi connectivity index (χ3n) is 3.88. The Bertz CT molecular complexity index is 650. The first-order valence-electron chi connectivity index (χ1n) is 7.61. The van der Waals surface area contributed by atoms with Crippen molar-refractivity contribution < 1.29 is 4.52 Å². The first kappa shape index (κ1) is 15.7. The van der Waals surface area contributed by atoms with Crippen molar-refractivity contribution in [3.8, 4) is 0 Å². The Morgan fingerprint density at radius 3 is 2.78 bits per heavy atom. The zero-order valence-electron chi connectivity index (χ0n) is 13.1. The van der Waals surface area contributed by atoms with Gasteiger partial charge in [-0.2, -0.15) is 0 Å². The summed E-state index contributed by atoms with van der Waals surface area (Å²) in [5.41, 5.74) is 2.03. The van der Waals surface area contributed by atoms with Crippen molar-refractivity contribution in [1.82, 2.24) is 15.4 Å². The van der Waals surface area contributed by atoms with Crippen molar-refractivity contribution in [3.05, 3.63) is 47.3 Å². The molecule has 0 radical (unpaired) electrons. The van der Waals surface area contributed by atoms with Gasteiger partial charge in [0.25, 0.3) is 0 Å². The summed E-state index contributed by atoms with van der Waals surface area (Å²) in [5.74, 6) is 0.888. The van der Waals surface area contributed by atoms with Crippen LogP contribution in [-0.4, -0.2) is 49.2 Å². The van der Waals surface area contributed by atoms with Gasteiger partial charge in [-0.05, 0) is 18.2 Å². The number of halogens is 1.